The van der Waals surface area contributed by atoms with Crippen LogP contribution in [0.5, 0.6) is 0 Å². The van der Waals surface area contributed by atoms with E-state index in [9.17, 15) is 0 Å². The summed E-state index contributed by atoms with van der Waals surface area (Å²) >= 11 is 1.82. The van der Waals surface area contributed by atoms with Crippen LogP contribution in [0.2, 0.25) is 0 Å². The van der Waals surface area contributed by atoms with Crippen molar-refractivity contribution in [2.24, 2.45) is 5.41 Å². The first-order valence-electron chi connectivity index (χ1n) is 6.45. The Morgan fingerprint density at radius 1 is 1.35 bits per heavy atom. The molecule has 1 aromatic rings. The number of ether oxygens (including phenoxy) is 1. The van der Waals surface area contributed by atoms with Crippen LogP contribution >= 0.6 is 11.3 Å². The highest BCUT2D eigenvalue weighted by Crippen LogP contribution is 2.43. The molecule has 1 aromatic heterocycles. The summed E-state index contributed by atoms with van der Waals surface area (Å²) in [5.41, 5.74) is 1.61. The minimum absolute atomic E-state index is 0.435. The van der Waals surface area contributed by atoms with Crippen molar-refractivity contribution in [2.45, 2.75) is 33.1 Å². The number of aryl methyl sites for hydroxylation is 2. The van der Waals surface area contributed by atoms with E-state index in [2.05, 4.69) is 23.7 Å². The van der Waals surface area contributed by atoms with E-state index in [4.69, 9.17) is 4.74 Å². The first-order chi connectivity index (χ1) is 8.19. The third-order valence-corrected chi connectivity index (χ3v) is 5.28. The number of nitrogens with zero attached hydrogens (tertiary/aromatic N) is 2. The fourth-order valence-electron chi connectivity index (χ4n) is 2.73. The SMILES string of the molecule is Cc1nc(N2CCOCC3(CCC3)C2)sc1C. The van der Waals surface area contributed by atoms with E-state index in [0.29, 0.717) is 5.41 Å². The average Bonchev–Trinajstić information content (AvgIpc) is 2.53. The van der Waals surface area contributed by atoms with Crippen LogP contribution in [0.3, 0.4) is 0 Å². The Hall–Kier alpha value is -0.610. The summed E-state index contributed by atoms with van der Waals surface area (Å²) in [5, 5.41) is 1.19. The van der Waals surface area contributed by atoms with Gasteiger partial charge in [-0.05, 0) is 26.7 Å². The van der Waals surface area contributed by atoms with Crippen molar-refractivity contribution in [3.8, 4) is 0 Å². The van der Waals surface area contributed by atoms with Crippen molar-refractivity contribution in [3.05, 3.63) is 10.6 Å². The normalized spacial score (nSPS) is 23.5. The maximum atomic E-state index is 5.78. The van der Waals surface area contributed by atoms with Gasteiger partial charge >= 0.3 is 0 Å². The molecule has 2 aliphatic rings. The zero-order valence-corrected chi connectivity index (χ0v) is 11.5. The van der Waals surface area contributed by atoms with Crippen LogP contribution in [0.25, 0.3) is 0 Å². The van der Waals surface area contributed by atoms with E-state index in [1.807, 2.05) is 11.3 Å². The molecule has 1 aliphatic heterocycles. The Kier molecular flexibility index (Phi) is 2.87. The van der Waals surface area contributed by atoms with Gasteiger partial charge < -0.3 is 9.64 Å². The van der Waals surface area contributed by atoms with E-state index in [1.54, 1.807) is 0 Å². The number of anilines is 1. The molecule has 2 heterocycles. The molecule has 0 amide bonds. The van der Waals surface area contributed by atoms with Gasteiger partial charge in [-0.2, -0.15) is 0 Å². The fraction of sp³-hybridized carbons (Fsp3) is 0.769. The van der Waals surface area contributed by atoms with Gasteiger partial charge in [0, 0.05) is 23.4 Å². The molecule has 1 aliphatic carbocycles. The van der Waals surface area contributed by atoms with E-state index in [-0.39, 0.29) is 0 Å². The minimum Gasteiger partial charge on any atom is -0.379 e. The second kappa shape index (κ2) is 4.25. The maximum absolute atomic E-state index is 5.78. The Morgan fingerprint density at radius 2 is 2.18 bits per heavy atom. The molecule has 2 fully saturated rings. The fourth-order valence-corrected chi connectivity index (χ4v) is 3.66. The smallest absolute Gasteiger partial charge is 0.185 e. The lowest BCUT2D eigenvalue weighted by atomic mass is 9.69. The molecule has 3 rings (SSSR count). The zero-order valence-electron chi connectivity index (χ0n) is 10.7. The molecule has 1 spiro atoms. The molecule has 17 heavy (non-hydrogen) atoms. The van der Waals surface area contributed by atoms with Crippen LogP contribution in [-0.4, -0.2) is 31.3 Å². The molecule has 1 saturated carbocycles. The van der Waals surface area contributed by atoms with Crippen LogP contribution in [0, 0.1) is 19.3 Å². The van der Waals surface area contributed by atoms with E-state index >= 15 is 0 Å². The second-order valence-corrected chi connectivity index (χ2v) is 6.65. The topological polar surface area (TPSA) is 25.4 Å². The largest absolute Gasteiger partial charge is 0.379 e. The second-order valence-electron chi connectivity index (χ2n) is 5.47. The lowest BCUT2D eigenvalue weighted by Crippen LogP contribution is -2.43. The molecule has 94 valence electrons. The zero-order chi connectivity index (χ0) is 11.9. The Balaban J connectivity index is 1.81. The van der Waals surface area contributed by atoms with Crippen molar-refractivity contribution in [2.75, 3.05) is 31.2 Å². The third-order valence-electron chi connectivity index (χ3n) is 4.14. The lowest BCUT2D eigenvalue weighted by molar-refractivity contribution is 0.0187. The Labute approximate surface area is 107 Å². The number of aromatic nitrogens is 1. The summed E-state index contributed by atoms with van der Waals surface area (Å²) in [5.74, 6) is 0. The van der Waals surface area contributed by atoms with Crippen molar-refractivity contribution in [3.63, 3.8) is 0 Å². The van der Waals surface area contributed by atoms with Gasteiger partial charge in [-0.1, -0.05) is 6.42 Å². The average molecular weight is 252 g/mol. The Bertz CT molecular complexity index is 392. The molecule has 0 atom stereocenters. The molecule has 0 N–H and O–H groups in total. The van der Waals surface area contributed by atoms with Crippen LogP contribution in [0.4, 0.5) is 5.13 Å². The van der Waals surface area contributed by atoms with Gasteiger partial charge in [0.15, 0.2) is 5.13 Å². The molecule has 0 radical (unpaired) electrons. The summed E-state index contributed by atoms with van der Waals surface area (Å²) in [6.07, 6.45) is 4.02. The predicted molar refractivity (Wildman–Crippen MR) is 70.9 cm³/mol. The van der Waals surface area contributed by atoms with Gasteiger partial charge in [-0.15, -0.1) is 11.3 Å². The van der Waals surface area contributed by atoms with Crippen molar-refractivity contribution in [1.82, 2.24) is 4.98 Å². The van der Waals surface area contributed by atoms with Gasteiger partial charge in [0.05, 0.1) is 18.9 Å². The molecule has 0 unspecified atom stereocenters. The van der Waals surface area contributed by atoms with Gasteiger partial charge in [-0.3, -0.25) is 0 Å². The standard InChI is InChI=1S/C13H20N2OS/c1-10-11(2)17-12(14-10)15-6-7-16-9-13(8-15)4-3-5-13/h3-9H2,1-2H3. The summed E-state index contributed by atoms with van der Waals surface area (Å²) in [4.78, 5) is 8.47. The van der Waals surface area contributed by atoms with Crippen LogP contribution in [0.15, 0.2) is 0 Å². The summed E-state index contributed by atoms with van der Waals surface area (Å²) in [6, 6.07) is 0. The molecule has 0 bridgehead atoms. The van der Waals surface area contributed by atoms with E-state index < -0.39 is 0 Å². The lowest BCUT2D eigenvalue weighted by Gasteiger charge is -2.42. The summed E-state index contributed by atoms with van der Waals surface area (Å²) in [6.45, 7) is 8.19. The van der Waals surface area contributed by atoms with Gasteiger partial charge in [-0.25, -0.2) is 4.98 Å². The minimum atomic E-state index is 0.435. The Morgan fingerprint density at radius 3 is 2.76 bits per heavy atom. The highest BCUT2D eigenvalue weighted by Gasteiger charge is 2.40. The van der Waals surface area contributed by atoms with Crippen molar-refractivity contribution >= 4 is 16.5 Å². The van der Waals surface area contributed by atoms with Crippen LogP contribution in [-0.2, 0) is 4.74 Å². The van der Waals surface area contributed by atoms with E-state index in [1.165, 1.54) is 35.0 Å². The number of rotatable bonds is 1. The highest BCUT2D eigenvalue weighted by molar-refractivity contribution is 7.15. The van der Waals surface area contributed by atoms with Crippen molar-refractivity contribution < 1.29 is 4.74 Å². The third kappa shape index (κ3) is 2.08. The van der Waals surface area contributed by atoms with Crippen LogP contribution in [0.1, 0.15) is 29.8 Å². The molecular formula is C13H20N2OS. The highest BCUT2D eigenvalue weighted by atomic mass is 32.1. The first-order valence-corrected chi connectivity index (χ1v) is 7.27. The molecule has 3 nitrogen and oxygen atoms in total. The first kappa shape index (κ1) is 11.5. The van der Waals surface area contributed by atoms with E-state index in [0.717, 1.165) is 26.3 Å². The maximum Gasteiger partial charge on any atom is 0.185 e. The van der Waals surface area contributed by atoms with Gasteiger partial charge in [0.1, 0.15) is 0 Å². The summed E-state index contributed by atoms with van der Waals surface area (Å²) < 4.78 is 5.78. The quantitative estimate of drug-likeness (QED) is 0.768. The number of hydrogen-bond donors (Lipinski definition) is 0. The monoisotopic (exact) mass is 252 g/mol. The molecule has 4 heteroatoms. The number of thiazole rings is 1. The van der Waals surface area contributed by atoms with Crippen LogP contribution < -0.4 is 4.90 Å². The van der Waals surface area contributed by atoms with Gasteiger partial charge in [0.2, 0.25) is 0 Å². The number of hydrogen-bond acceptors (Lipinski definition) is 4. The summed E-state index contributed by atoms with van der Waals surface area (Å²) in [7, 11) is 0. The molecule has 1 saturated heterocycles. The molecule has 0 aromatic carbocycles. The van der Waals surface area contributed by atoms with Gasteiger partial charge in [0.25, 0.3) is 0 Å². The molecular weight excluding hydrogens is 232 g/mol. The van der Waals surface area contributed by atoms with Crippen molar-refractivity contribution in [1.29, 1.82) is 0 Å². The predicted octanol–water partition coefficient (Wildman–Crippen LogP) is 2.77.